The van der Waals surface area contributed by atoms with Crippen molar-refractivity contribution in [3.63, 3.8) is 0 Å². The molecule has 0 saturated carbocycles. The summed E-state index contributed by atoms with van der Waals surface area (Å²) in [6.07, 6.45) is 0.378. The second kappa shape index (κ2) is 5.65. The van der Waals surface area contributed by atoms with Crippen LogP contribution in [0, 0.1) is 13.8 Å². The largest absolute Gasteiger partial charge is 0.395 e. The molecule has 90 valence electrons. The molecular weight excluding hydrogens is 208 g/mol. The van der Waals surface area contributed by atoms with Crippen molar-refractivity contribution in [3.8, 4) is 0 Å². The van der Waals surface area contributed by atoms with Gasteiger partial charge in [-0.05, 0) is 19.8 Å². The normalized spacial score (nSPS) is 12.5. The molecule has 1 heterocycles. The summed E-state index contributed by atoms with van der Waals surface area (Å²) in [7, 11) is 0. The Kier molecular flexibility index (Phi) is 4.49. The van der Waals surface area contributed by atoms with Crippen LogP contribution in [0.15, 0.2) is 4.52 Å². The molecule has 1 atom stereocenters. The molecule has 1 aromatic heterocycles. The van der Waals surface area contributed by atoms with Gasteiger partial charge in [-0.2, -0.15) is 0 Å². The molecule has 5 heteroatoms. The number of amides is 1. The molecule has 0 bridgehead atoms. The highest BCUT2D eigenvalue weighted by Crippen LogP contribution is 2.25. The molecule has 0 aliphatic heterocycles. The number of hydrogen-bond donors (Lipinski definition) is 2. The van der Waals surface area contributed by atoms with Crippen LogP contribution >= 0.6 is 0 Å². The van der Waals surface area contributed by atoms with Crippen LogP contribution in [0.25, 0.3) is 0 Å². The summed E-state index contributed by atoms with van der Waals surface area (Å²) in [5.41, 5.74) is 1.83. The van der Waals surface area contributed by atoms with E-state index in [4.69, 9.17) is 9.63 Å². The number of nitrogens with one attached hydrogen (secondary N) is 1. The maximum absolute atomic E-state index is 11.5. The molecule has 16 heavy (non-hydrogen) atoms. The van der Waals surface area contributed by atoms with Crippen molar-refractivity contribution in [1.82, 2.24) is 10.5 Å². The van der Waals surface area contributed by atoms with E-state index in [0.717, 1.165) is 17.0 Å². The van der Waals surface area contributed by atoms with Gasteiger partial charge in [0.2, 0.25) is 5.91 Å². The standard InChI is InChI=1S/C11H18N2O3/c1-7(6-10(15)12-4-5-14)11-8(2)13-16-9(11)3/h7,14H,4-6H2,1-3H3,(H,12,15). The van der Waals surface area contributed by atoms with Crippen molar-refractivity contribution in [2.24, 2.45) is 0 Å². The first kappa shape index (κ1) is 12.7. The Morgan fingerprint density at radius 1 is 1.56 bits per heavy atom. The molecule has 1 rings (SSSR count). The molecule has 0 aliphatic carbocycles. The fourth-order valence-electron chi connectivity index (χ4n) is 1.84. The first-order valence-electron chi connectivity index (χ1n) is 5.36. The van der Waals surface area contributed by atoms with E-state index in [0.29, 0.717) is 13.0 Å². The molecule has 2 N–H and O–H groups in total. The maximum Gasteiger partial charge on any atom is 0.220 e. The van der Waals surface area contributed by atoms with E-state index in [1.807, 2.05) is 20.8 Å². The third kappa shape index (κ3) is 3.06. The van der Waals surface area contributed by atoms with Crippen LogP contribution in [-0.2, 0) is 4.79 Å². The first-order valence-corrected chi connectivity index (χ1v) is 5.36. The van der Waals surface area contributed by atoms with Crippen LogP contribution < -0.4 is 5.32 Å². The Morgan fingerprint density at radius 2 is 2.25 bits per heavy atom. The maximum atomic E-state index is 11.5. The zero-order chi connectivity index (χ0) is 12.1. The molecule has 0 fully saturated rings. The van der Waals surface area contributed by atoms with Crippen molar-refractivity contribution < 1.29 is 14.4 Å². The Balaban J connectivity index is 2.58. The van der Waals surface area contributed by atoms with Crippen molar-refractivity contribution in [3.05, 3.63) is 17.0 Å². The van der Waals surface area contributed by atoms with E-state index < -0.39 is 0 Å². The number of hydrogen-bond acceptors (Lipinski definition) is 4. The van der Waals surface area contributed by atoms with E-state index in [2.05, 4.69) is 10.5 Å². The molecule has 0 aliphatic rings. The predicted octanol–water partition coefficient (Wildman–Crippen LogP) is 0.894. The fourth-order valence-corrected chi connectivity index (χ4v) is 1.84. The average molecular weight is 226 g/mol. The van der Waals surface area contributed by atoms with E-state index in [1.54, 1.807) is 0 Å². The van der Waals surface area contributed by atoms with Gasteiger partial charge in [0.25, 0.3) is 0 Å². The van der Waals surface area contributed by atoms with E-state index in [-0.39, 0.29) is 18.4 Å². The summed E-state index contributed by atoms with van der Waals surface area (Å²) in [6, 6.07) is 0. The third-order valence-corrected chi connectivity index (χ3v) is 2.51. The number of nitrogens with zero attached hydrogens (tertiary/aromatic N) is 1. The van der Waals surface area contributed by atoms with E-state index in [9.17, 15) is 4.79 Å². The zero-order valence-corrected chi connectivity index (χ0v) is 9.91. The highest BCUT2D eigenvalue weighted by atomic mass is 16.5. The highest BCUT2D eigenvalue weighted by molar-refractivity contribution is 5.76. The SMILES string of the molecule is Cc1noc(C)c1C(C)CC(=O)NCCO. The minimum atomic E-state index is -0.0680. The summed E-state index contributed by atoms with van der Waals surface area (Å²) in [5.74, 6) is 0.770. The lowest BCUT2D eigenvalue weighted by Gasteiger charge is -2.10. The molecular formula is C11H18N2O3. The number of aliphatic hydroxyl groups excluding tert-OH is 1. The van der Waals surface area contributed by atoms with Gasteiger partial charge < -0.3 is 14.9 Å². The van der Waals surface area contributed by atoms with Gasteiger partial charge in [-0.1, -0.05) is 12.1 Å². The minimum Gasteiger partial charge on any atom is -0.395 e. The number of rotatable bonds is 5. The Morgan fingerprint density at radius 3 is 2.75 bits per heavy atom. The monoisotopic (exact) mass is 226 g/mol. The fraction of sp³-hybridized carbons (Fsp3) is 0.636. The topological polar surface area (TPSA) is 75.4 Å². The molecule has 5 nitrogen and oxygen atoms in total. The molecule has 0 spiro atoms. The molecule has 0 saturated heterocycles. The van der Waals surface area contributed by atoms with Crippen molar-refractivity contribution in [2.75, 3.05) is 13.2 Å². The van der Waals surface area contributed by atoms with E-state index in [1.165, 1.54) is 0 Å². The number of aryl methyl sites for hydroxylation is 2. The molecule has 1 aromatic rings. The molecule has 1 amide bonds. The summed E-state index contributed by atoms with van der Waals surface area (Å²) in [6.45, 7) is 5.94. The molecule has 0 aromatic carbocycles. The molecule has 0 radical (unpaired) electrons. The summed E-state index contributed by atoms with van der Waals surface area (Å²) < 4.78 is 5.06. The van der Waals surface area contributed by atoms with Gasteiger partial charge in [-0.25, -0.2) is 0 Å². The summed E-state index contributed by atoms with van der Waals surface area (Å²) in [5, 5.41) is 15.1. The Bertz CT molecular complexity index is 341. The lowest BCUT2D eigenvalue weighted by atomic mass is 9.96. The lowest BCUT2D eigenvalue weighted by molar-refractivity contribution is -0.121. The van der Waals surface area contributed by atoms with Crippen molar-refractivity contribution >= 4 is 5.91 Å². The van der Waals surface area contributed by atoms with Gasteiger partial charge in [-0.15, -0.1) is 0 Å². The quantitative estimate of drug-likeness (QED) is 0.782. The lowest BCUT2D eigenvalue weighted by Crippen LogP contribution is -2.27. The Hall–Kier alpha value is -1.36. The van der Waals surface area contributed by atoms with E-state index >= 15 is 0 Å². The van der Waals surface area contributed by atoms with Crippen LogP contribution in [-0.4, -0.2) is 29.3 Å². The van der Waals surface area contributed by atoms with Crippen LogP contribution in [0.1, 0.15) is 36.3 Å². The molecule has 1 unspecified atom stereocenters. The number of aliphatic hydroxyl groups is 1. The van der Waals surface area contributed by atoms with Crippen LogP contribution in [0.2, 0.25) is 0 Å². The zero-order valence-electron chi connectivity index (χ0n) is 9.91. The van der Waals surface area contributed by atoms with Gasteiger partial charge in [0.15, 0.2) is 0 Å². The van der Waals surface area contributed by atoms with Crippen molar-refractivity contribution in [2.45, 2.75) is 33.1 Å². The smallest absolute Gasteiger partial charge is 0.220 e. The van der Waals surface area contributed by atoms with Gasteiger partial charge in [-0.3, -0.25) is 4.79 Å². The number of aromatic nitrogens is 1. The van der Waals surface area contributed by atoms with Gasteiger partial charge in [0, 0.05) is 18.5 Å². The van der Waals surface area contributed by atoms with Gasteiger partial charge >= 0.3 is 0 Å². The van der Waals surface area contributed by atoms with Crippen LogP contribution in [0.4, 0.5) is 0 Å². The number of carbonyl (C=O) groups is 1. The van der Waals surface area contributed by atoms with Gasteiger partial charge in [0.05, 0.1) is 12.3 Å². The van der Waals surface area contributed by atoms with Crippen LogP contribution in [0.3, 0.4) is 0 Å². The third-order valence-electron chi connectivity index (χ3n) is 2.51. The number of carbonyl (C=O) groups excluding carboxylic acids is 1. The average Bonchev–Trinajstić information content (AvgIpc) is 2.55. The van der Waals surface area contributed by atoms with Crippen molar-refractivity contribution in [1.29, 1.82) is 0 Å². The minimum absolute atomic E-state index is 0.0363. The Labute approximate surface area is 94.8 Å². The second-order valence-electron chi connectivity index (χ2n) is 3.92. The first-order chi connectivity index (χ1) is 7.56. The van der Waals surface area contributed by atoms with Gasteiger partial charge in [0.1, 0.15) is 5.76 Å². The predicted molar refractivity (Wildman–Crippen MR) is 59.1 cm³/mol. The summed E-state index contributed by atoms with van der Waals surface area (Å²) in [4.78, 5) is 11.5. The van der Waals surface area contributed by atoms with Crippen LogP contribution in [0.5, 0.6) is 0 Å². The highest BCUT2D eigenvalue weighted by Gasteiger charge is 2.18. The second-order valence-corrected chi connectivity index (χ2v) is 3.92. The summed E-state index contributed by atoms with van der Waals surface area (Å²) >= 11 is 0.